The highest BCUT2D eigenvalue weighted by Gasteiger charge is 2.34. The molecule has 2 aromatic heterocycles. The molecule has 0 saturated heterocycles. The van der Waals surface area contributed by atoms with Crippen molar-refractivity contribution in [3.8, 4) is 17.4 Å². The van der Waals surface area contributed by atoms with Crippen molar-refractivity contribution in [1.82, 2.24) is 30.5 Å². The lowest BCUT2D eigenvalue weighted by atomic mass is 10.2. The summed E-state index contributed by atoms with van der Waals surface area (Å²) < 4.78 is 51.7. The number of para-hydroxylation sites is 1. The van der Waals surface area contributed by atoms with Crippen molar-refractivity contribution < 1.29 is 32.2 Å². The molecule has 1 aromatic carbocycles. The van der Waals surface area contributed by atoms with Crippen molar-refractivity contribution in [2.24, 2.45) is 4.99 Å². The number of hydrogen-bond acceptors (Lipinski definition) is 11. The SMILES string of the molecule is COc1cnc([C@@H](OC(C)C)[C@@H](C)S(=O)(=O)N/C(=N\c2c(OC)cccc2OC)NNC(=O)c2cc(C)ccn2)cn1. The van der Waals surface area contributed by atoms with Gasteiger partial charge in [-0.25, -0.2) is 18.4 Å². The third kappa shape index (κ3) is 8.27. The van der Waals surface area contributed by atoms with Crippen LogP contribution in [0, 0.1) is 6.92 Å². The van der Waals surface area contributed by atoms with E-state index in [9.17, 15) is 13.2 Å². The maximum atomic E-state index is 13.7. The van der Waals surface area contributed by atoms with Crippen LogP contribution in [0.5, 0.6) is 17.4 Å². The van der Waals surface area contributed by atoms with Crippen LogP contribution in [0.2, 0.25) is 0 Å². The van der Waals surface area contributed by atoms with Gasteiger partial charge in [0.15, 0.2) is 5.69 Å². The molecule has 3 N–H and O–H groups in total. The van der Waals surface area contributed by atoms with Gasteiger partial charge in [0, 0.05) is 6.20 Å². The molecular formula is C27H35N7O7S. The average Bonchev–Trinajstić information content (AvgIpc) is 2.98. The van der Waals surface area contributed by atoms with Crippen molar-refractivity contribution in [3.63, 3.8) is 0 Å². The number of hydrazine groups is 1. The van der Waals surface area contributed by atoms with Gasteiger partial charge in [-0.1, -0.05) is 6.07 Å². The number of guanidine groups is 1. The van der Waals surface area contributed by atoms with E-state index in [2.05, 4.69) is 35.5 Å². The number of methoxy groups -OCH3 is 3. The van der Waals surface area contributed by atoms with Gasteiger partial charge in [-0.3, -0.25) is 30.3 Å². The summed E-state index contributed by atoms with van der Waals surface area (Å²) in [5.41, 5.74) is 6.35. The number of pyridine rings is 1. The van der Waals surface area contributed by atoms with Crippen molar-refractivity contribution in [3.05, 3.63) is 65.9 Å². The zero-order chi connectivity index (χ0) is 30.9. The summed E-state index contributed by atoms with van der Waals surface area (Å²) in [6.45, 7) is 6.81. The van der Waals surface area contributed by atoms with Gasteiger partial charge in [0.25, 0.3) is 5.91 Å². The topological polar surface area (TPSA) is 175 Å². The minimum Gasteiger partial charge on any atom is -0.494 e. The number of aliphatic imine (C=N–C) groups is 1. The Balaban J connectivity index is 1.99. The van der Waals surface area contributed by atoms with Gasteiger partial charge in [-0.15, -0.1) is 0 Å². The Morgan fingerprint density at radius 1 is 0.929 bits per heavy atom. The molecule has 1 amide bonds. The first-order valence-corrected chi connectivity index (χ1v) is 14.3. The van der Waals surface area contributed by atoms with Gasteiger partial charge in [0.2, 0.25) is 21.9 Å². The van der Waals surface area contributed by atoms with E-state index in [-0.39, 0.29) is 35.0 Å². The van der Waals surface area contributed by atoms with Crippen LogP contribution >= 0.6 is 0 Å². The maximum absolute atomic E-state index is 13.7. The first kappa shape index (κ1) is 32.0. The molecule has 0 aliphatic heterocycles. The van der Waals surface area contributed by atoms with Crippen molar-refractivity contribution in [2.45, 2.75) is 45.2 Å². The van der Waals surface area contributed by atoms with Gasteiger partial charge < -0.3 is 18.9 Å². The molecule has 0 radical (unpaired) electrons. The van der Waals surface area contributed by atoms with E-state index in [4.69, 9.17) is 18.9 Å². The van der Waals surface area contributed by atoms with E-state index in [1.54, 1.807) is 44.2 Å². The van der Waals surface area contributed by atoms with Crippen LogP contribution in [0.4, 0.5) is 5.69 Å². The van der Waals surface area contributed by atoms with Crippen LogP contribution in [0.1, 0.15) is 48.6 Å². The van der Waals surface area contributed by atoms with Crippen molar-refractivity contribution in [2.75, 3.05) is 21.3 Å². The molecule has 226 valence electrons. The number of nitrogens with zero attached hydrogens (tertiary/aromatic N) is 4. The van der Waals surface area contributed by atoms with Gasteiger partial charge in [-0.2, -0.15) is 0 Å². The molecule has 0 fully saturated rings. The normalized spacial score (nSPS) is 13.2. The molecule has 0 saturated carbocycles. The summed E-state index contributed by atoms with van der Waals surface area (Å²) >= 11 is 0. The van der Waals surface area contributed by atoms with Crippen LogP contribution in [0.3, 0.4) is 0 Å². The highest BCUT2D eigenvalue weighted by Crippen LogP contribution is 2.37. The van der Waals surface area contributed by atoms with E-state index in [0.29, 0.717) is 11.5 Å². The number of aromatic nitrogens is 3. The molecule has 42 heavy (non-hydrogen) atoms. The van der Waals surface area contributed by atoms with Gasteiger partial charge in [-0.05, 0) is 57.5 Å². The predicted molar refractivity (Wildman–Crippen MR) is 155 cm³/mol. The third-order valence-corrected chi connectivity index (χ3v) is 7.49. The number of aryl methyl sites for hydroxylation is 1. The van der Waals surface area contributed by atoms with E-state index in [1.165, 1.54) is 46.8 Å². The Morgan fingerprint density at radius 3 is 2.17 bits per heavy atom. The van der Waals surface area contributed by atoms with Crippen LogP contribution in [-0.2, 0) is 14.8 Å². The Morgan fingerprint density at radius 2 is 1.62 bits per heavy atom. The quantitative estimate of drug-likeness (QED) is 0.167. The third-order valence-electron chi connectivity index (χ3n) is 5.79. The van der Waals surface area contributed by atoms with E-state index >= 15 is 0 Å². The predicted octanol–water partition coefficient (Wildman–Crippen LogP) is 2.60. The van der Waals surface area contributed by atoms with Crippen molar-refractivity contribution in [1.29, 1.82) is 0 Å². The minimum absolute atomic E-state index is 0.108. The highest BCUT2D eigenvalue weighted by atomic mass is 32.2. The van der Waals surface area contributed by atoms with E-state index < -0.39 is 27.3 Å². The number of carbonyl (C=O) groups excluding carboxylic acids is 1. The largest absolute Gasteiger partial charge is 0.494 e. The van der Waals surface area contributed by atoms with E-state index in [1.807, 2.05) is 6.92 Å². The second-order valence-electron chi connectivity index (χ2n) is 9.21. The summed E-state index contributed by atoms with van der Waals surface area (Å²) in [6, 6.07) is 8.25. The highest BCUT2D eigenvalue weighted by molar-refractivity contribution is 7.90. The Hall–Kier alpha value is -4.50. The number of ether oxygens (including phenoxy) is 4. The first-order chi connectivity index (χ1) is 20.0. The zero-order valence-electron chi connectivity index (χ0n) is 24.4. The minimum atomic E-state index is -4.26. The number of carbonyl (C=O) groups is 1. The van der Waals surface area contributed by atoms with Gasteiger partial charge >= 0.3 is 0 Å². The summed E-state index contributed by atoms with van der Waals surface area (Å²) in [5.74, 6) is -0.127. The Bertz CT molecular complexity index is 1480. The number of nitrogens with one attached hydrogen (secondary N) is 3. The fraction of sp³-hybridized carbons (Fsp3) is 0.370. The molecule has 3 rings (SSSR count). The molecule has 0 aliphatic carbocycles. The summed E-state index contributed by atoms with van der Waals surface area (Å²) in [6.07, 6.45) is 2.88. The fourth-order valence-electron chi connectivity index (χ4n) is 3.65. The molecule has 0 bridgehead atoms. The summed E-state index contributed by atoms with van der Waals surface area (Å²) in [5, 5.41) is -1.21. The van der Waals surface area contributed by atoms with E-state index in [0.717, 1.165) is 5.56 Å². The lowest BCUT2D eigenvalue weighted by Gasteiger charge is -2.26. The number of amides is 1. The first-order valence-electron chi connectivity index (χ1n) is 12.8. The molecule has 3 aromatic rings. The summed E-state index contributed by atoms with van der Waals surface area (Å²) in [7, 11) is 0.0483. The maximum Gasteiger partial charge on any atom is 0.288 e. The second kappa shape index (κ2) is 14.4. The van der Waals surface area contributed by atoms with Gasteiger partial charge in [0.05, 0.1) is 45.5 Å². The van der Waals surface area contributed by atoms with Crippen LogP contribution in [0.25, 0.3) is 0 Å². The lowest BCUT2D eigenvalue weighted by Crippen LogP contribution is -2.52. The number of hydrogen-bond donors (Lipinski definition) is 3. The number of benzene rings is 1. The molecule has 14 nitrogen and oxygen atoms in total. The molecule has 2 heterocycles. The van der Waals surface area contributed by atoms with Crippen LogP contribution in [0.15, 0.2) is 53.9 Å². The molecule has 0 spiro atoms. The average molecular weight is 602 g/mol. The number of sulfonamides is 1. The molecule has 15 heteroatoms. The summed E-state index contributed by atoms with van der Waals surface area (Å²) in [4.78, 5) is 29.7. The Kier molecular flexibility index (Phi) is 11.0. The fourth-order valence-corrected chi connectivity index (χ4v) is 4.73. The molecular weight excluding hydrogens is 566 g/mol. The van der Waals surface area contributed by atoms with Crippen molar-refractivity contribution >= 4 is 27.6 Å². The van der Waals surface area contributed by atoms with Crippen LogP contribution in [-0.4, -0.2) is 67.9 Å². The Labute approximate surface area is 244 Å². The monoisotopic (exact) mass is 601 g/mol. The van der Waals surface area contributed by atoms with Gasteiger partial charge in [0.1, 0.15) is 28.5 Å². The molecule has 0 aliphatic rings. The zero-order valence-corrected chi connectivity index (χ0v) is 25.2. The second-order valence-corrected chi connectivity index (χ2v) is 11.2. The van der Waals surface area contributed by atoms with Crippen LogP contribution < -0.4 is 29.8 Å². The standard InChI is InChI=1S/C27H35N7O7S/c1-16(2)41-25(20-14-30-23(40-7)15-29-20)18(4)42(36,37)34-27(31-24-21(38-5)9-8-10-22(24)39-6)33-32-26(35)19-13-17(3)11-12-28-19/h8-16,18,25H,1-7H3,(H,32,35)(H2,31,33,34)/t18-,25+/m1/s1. The molecule has 0 unspecified atom stereocenters. The number of rotatable bonds is 11. The molecule has 2 atom stereocenters. The lowest BCUT2D eigenvalue weighted by molar-refractivity contribution is 0.00372. The smallest absolute Gasteiger partial charge is 0.288 e.